The first-order valence-corrected chi connectivity index (χ1v) is 10.0. The molecule has 1 aliphatic rings. The van der Waals surface area contributed by atoms with Crippen molar-refractivity contribution in [1.82, 2.24) is 0 Å². The number of carboxylic acid groups (broad SMARTS) is 1. The Morgan fingerprint density at radius 1 is 0.920 bits per heavy atom. The minimum absolute atomic E-state index is 0.0545. The Balaban J connectivity index is 1.78. The van der Waals surface area contributed by atoms with Gasteiger partial charge in [0.25, 0.3) is 0 Å². The van der Waals surface area contributed by atoms with Crippen molar-refractivity contribution >= 4 is 5.97 Å². The van der Waals surface area contributed by atoms with Crippen molar-refractivity contribution in [3.63, 3.8) is 0 Å². The smallest absolute Gasteiger partial charge is 0.303 e. The molecule has 0 bridgehead atoms. The summed E-state index contributed by atoms with van der Waals surface area (Å²) in [6, 6.07) is 0. The maximum Gasteiger partial charge on any atom is 0.303 e. The van der Waals surface area contributed by atoms with Gasteiger partial charge in [-0.05, 0) is 70.6 Å². The van der Waals surface area contributed by atoms with Gasteiger partial charge in [-0.1, -0.05) is 30.7 Å². The molecule has 4 nitrogen and oxygen atoms in total. The van der Waals surface area contributed by atoms with E-state index in [-0.39, 0.29) is 12.7 Å². The van der Waals surface area contributed by atoms with Gasteiger partial charge in [-0.15, -0.1) is 0 Å². The molecule has 0 aliphatic carbocycles. The highest BCUT2D eigenvalue weighted by Crippen LogP contribution is 2.14. The number of hydrogen-bond donors (Lipinski definition) is 1. The predicted octanol–water partition coefficient (Wildman–Crippen LogP) is 5.63. The number of rotatable bonds is 15. The van der Waals surface area contributed by atoms with E-state index in [1.54, 1.807) is 0 Å². The molecule has 0 aromatic heterocycles. The van der Waals surface area contributed by atoms with Crippen LogP contribution in [0.25, 0.3) is 0 Å². The highest BCUT2D eigenvalue weighted by molar-refractivity contribution is 5.66. The third-order valence-electron chi connectivity index (χ3n) is 4.30. The van der Waals surface area contributed by atoms with Gasteiger partial charge >= 0.3 is 5.97 Å². The monoisotopic (exact) mass is 352 g/mol. The van der Waals surface area contributed by atoms with E-state index < -0.39 is 5.97 Å². The third kappa shape index (κ3) is 14.9. The van der Waals surface area contributed by atoms with E-state index in [1.165, 1.54) is 25.7 Å². The van der Waals surface area contributed by atoms with Crippen molar-refractivity contribution in [2.24, 2.45) is 0 Å². The molecule has 1 aliphatic heterocycles. The Bertz CT molecular complexity index is 370. The molecule has 144 valence electrons. The lowest BCUT2D eigenvalue weighted by Crippen LogP contribution is -2.22. The Hall–Kier alpha value is -1.13. The molecular formula is C21H36O4. The van der Waals surface area contributed by atoms with Gasteiger partial charge < -0.3 is 14.6 Å². The lowest BCUT2D eigenvalue weighted by molar-refractivity contribution is -0.162. The number of carbonyl (C=O) groups is 1. The van der Waals surface area contributed by atoms with Crippen molar-refractivity contribution in [3.05, 3.63) is 24.3 Å². The summed E-state index contributed by atoms with van der Waals surface area (Å²) in [6.07, 6.45) is 22.3. The highest BCUT2D eigenvalue weighted by Gasteiger charge is 2.13. The van der Waals surface area contributed by atoms with E-state index in [0.29, 0.717) is 0 Å². The second-order valence-corrected chi connectivity index (χ2v) is 6.68. The lowest BCUT2D eigenvalue weighted by Gasteiger charge is -2.22. The summed E-state index contributed by atoms with van der Waals surface area (Å²) < 4.78 is 11.3. The molecule has 0 radical (unpaired) electrons. The summed E-state index contributed by atoms with van der Waals surface area (Å²) in [5.74, 6) is -0.695. The molecule has 0 aromatic carbocycles. The van der Waals surface area contributed by atoms with E-state index in [4.69, 9.17) is 14.6 Å². The lowest BCUT2D eigenvalue weighted by atomic mass is 10.1. The fraction of sp³-hybridized carbons (Fsp3) is 0.762. The summed E-state index contributed by atoms with van der Waals surface area (Å²) in [4.78, 5) is 10.4. The van der Waals surface area contributed by atoms with Crippen LogP contribution in [0.1, 0.15) is 83.5 Å². The first-order valence-electron chi connectivity index (χ1n) is 10.0. The van der Waals surface area contributed by atoms with Crippen LogP contribution in [-0.4, -0.2) is 30.6 Å². The molecule has 1 saturated heterocycles. The van der Waals surface area contributed by atoms with Crippen LogP contribution in [0.4, 0.5) is 0 Å². The van der Waals surface area contributed by atoms with E-state index in [0.717, 1.165) is 64.6 Å². The number of allylic oxidation sites excluding steroid dienone is 4. The predicted molar refractivity (Wildman–Crippen MR) is 102 cm³/mol. The van der Waals surface area contributed by atoms with Crippen LogP contribution >= 0.6 is 0 Å². The third-order valence-corrected chi connectivity index (χ3v) is 4.30. The van der Waals surface area contributed by atoms with Gasteiger partial charge in [-0.3, -0.25) is 4.79 Å². The Morgan fingerprint density at radius 3 is 2.24 bits per heavy atom. The second-order valence-electron chi connectivity index (χ2n) is 6.68. The minimum Gasteiger partial charge on any atom is -0.481 e. The average molecular weight is 353 g/mol. The van der Waals surface area contributed by atoms with Crippen LogP contribution in [0.5, 0.6) is 0 Å². The molecular weight excluding hydrogens is 316 g/mol. The van der Waals surface area contributed by atoms with Crippen molar-refractivity contribution in [1.29, 1.82) is 0 Å². The molecule has 1 fully saturated rings. The number of carboxylic acids is 1. The quantitative estimate of drug-likeness (QED) is 0.307. The van der Waals surface area contributed by atoms with Crippen molar-refractivity contribution in [2.75, 3.05) is 13.2 Å². The zero-order chi connectivity index (χ0) is 18.0. The molecule has 1 rings (SSSR count). The summed E-state index contributed by atoms with van der Waals surface area (Å²) in [7, 11) is 0. The van der Waals surface area contributed by atoms with E-state index >= 15 is 0 Å². The molecule has 0 aromatic rings. The van der Waals surface area contributed by atoms with Crippen LogP contribution in [0, 0.1) is 0 Å². The fourth-order valence-corrected chi connectivity index (χ4v) is 2.80. The van der Waals surface area contributed by atoms with Gasteiger partial charge in [-0.2, -0.15) is 0 Å². The second kappa shape index (κ2) is 16.3. The first-order chi connectivity index (χ1) is 12.3. The summed E-state index contributed by atoms with van der Waals surface area (Å²) in [6.45, 7) is 1.68. The Labute approximate surface area is 153 Å². The van der Waals surface area contributed by atoms with Crippen LogP contribution in [-0.2, 0) is 14.3 Å². The van der Waals surface area contributed by atoms with E-state index in [9.17, 15) is 4.79 Å². The molecule has 1 atom stereocenters. The van der Waals surface area contributed by atoms with Gasteiger partial charge in [-0.25, -0.2) is 0 Å². The molecule has 25 heavy (non-hydrogen) atoms. The molecule has 0 amide bonds. The maximum absolute atomic E-state index is 10.4. The van der Waals surface area contributed by atoms with Gasteiger partial charge in [0.15, 0.2) is 6.29 Å². The summed E-state index contributed by atoms with van der Waals surface area (Å²) >= 11 is 0. The fourth-order valence-electron chi connectivity index (χ4n) is 2.80. The molecule has 0 saturated carbocycles. The van der Waals surface area contributed by atoms with Crippen molar-refractivity contribution in [2.45, 2.75) is 89.8 Å². The normalized spacial score (nSPS) is 18.3. The molecule has 4 heteroatoms. The van der Waals surface area contributed by atoms with Crippen molar-refractivity contribution in [3.8, 4) is 0 Å². The van der Waals surface area contributed by atoms with Gasteiger partial charge in [0.2, 0.25) is 0 Å². The van der Waals surface area contributed by atoms with Crippen molar-refractivity contribution < 1.29 is 19.4 Å². The van der Waals surface area contributed by atoms with Crippen LogP contribution in [0.2, 0.25) is 0 Å². The highest BCUT2D eigenvalue weighted by atomic mass is 16.7. The SMILES string of the molecule is O=C(O)CCCC/C=C\CC/C=C\CCCCCOC1CCCCO1. The van der Waals surface area contributed by atoms with Gasteiger partial charge in [0.1, 0.15) is 0 Å². The van der Waals surface area contributed by atoms with Gasteiger partial charge in [0, 0.05) is 19.6 Å². The Kier molecular flexibility index (Phi) is 14.3. The van der Waals surface area contributed by atoms with Gasteiger partial charge in [0.05, 0.1) is 0 Å². The summed E-state index contributed by atoms with van der Waals surface area (Å²) in [5.41, 5.74) is 0. The first kappa shape index (κ1) is 21.9. The standard InChI is InChI=1S/C21H36O4/c22-20(23)16-12-10-8-6-4-2-1-3-5-7-9-11-14-18-24-21-17-13-15-19-25-21/h3-6,21H,1-2,7-19H2,(H,22,23)/b5-3-,6-4-. The van der Waals surface area contributed by atoms with Crippen LogP contribution < -0.4 is 0 Å². The molecule has 0 spiro atoms. The topological polar surface area (TPSA) is 55.8 Å². The average Bonchev–Trinajstić information content (AvgIpc) is 2.62. The van der Waals surface area contributed by atoms with E-state index in [2.05, 4.69) is 24.3 Å². The zero-order valence-electron chi connectivity index (χ0n) is 15.7. The largest absolute Gasteiger partial charge is 0.481 e. The van der Waals surface area contributed by atoms with E-state index in [1.807, 2.05) is 0 Å². The summed E-state index contributed by atoms with van der Waals surface area (Å²) in [5, 5.41) is 8.53. The number of aliphatic carboxylic acids is 1. The zero-order valence-corrected chi connectivity index (χ0v) is 15.7. The molecule has 1 heterocycles. The number of unbranched alkanes of at least 4 members (excludes halogenated alkanes) is 6. The molecule has 1 N–H and O–H groups in total. The number of hydrogen-bond acceptors (Lipinski definition) is 3. The van der Waals surface area contributed by atoms with Crippen LogP contribution in [0.15, 0.2) is 24.3 Å². The maximum atomic E-state index is 10.4. The molecule has 1 unspecified atom stereocenters. The minimum atomic E-state index is -0.695. The number of ether oxygens (including phenoxy) is 2. The van der Waals surface area contributed by atoms with Crippen LogP contribution in [0.3, 0.4) is 0 Å². The Morgan fingerprint density at radius 2 is 1.60 bits per heavy atom.